The van der Waals surface area contributed by atoms with Gasteiger partial charge in [-0.3, -0.25) is 0 Å². The summed E-state index contributed by atoms with van der Waals surface area (Å²) < 4.78 is 24.2. The van der Waals surface area contributed by atoms with E-state index < -0.39 is 9.84 Å². The van der Waals surface area contributed by atoms with Gasteiger partial charge in [-0.2, -0.15) is 0 Å². The molecule has 2 rings (SSSR count). The third kappa shape index (κ3) is 3.45. The normalized spacial score (nSPS) is 23.2. The van der Waals surface area contributed by atoms with Crippen LogP contribution in [0.3, 0.4) is 0 Å². The predicted molar refractivity (Wildman–Crippen MR) is 77.8 cm³/mol. The molecule has 18 heavy (non-hydrogen) atoms. The van der Waals surface area contributed by atoms with Crippen molar-refractivity contribution in [2.45, 2.75) is 35.4 Å². The molecule has 0 bridgehead atoms. The Hall–Kier alpha value is -0.610. The summed E-state index contributed by atoms with van der Waals surface area (Å²) in [6, 6.07) is 8.65. The molecule has 0 aliphatic heterocycles. The van der Waals surface area contributed by atoms with Gasteiger partial charge in [-0.15, -0.1) is 0 Å². The van der Waals surface area contributed by atoms with Crippen molar-refractivity contribution in [2.75, 3.05) is 5.75 Å². The molecular weight excluding hydrogens is 312 g/mol. The van der Waals surface area contributed by atoms with Gasteiger partial charge >= 0.3 is 0 Å². The standard InChI is InChI=1S/C14H17BrO2S/c15-14-9-5-4-6-12(14)10-11-18(16,17)13-7-2-1-3-8-13/h1-3,7-8,10,14H,4-6,9,11H2/b12-10+. The van der Waals surface area contributed by atoms with E-state index in [9.17, 15) is 8.42 Å². The van der Waals surface area contributed by atoms with Crippen molar-refractivity contribution in [3.8, 4) is 0 Å². The average molecular weight is 329 g/mol. The molecule has 1 aromatic carbocycles. The molecular formula is C14H17BrO2S. The number of hydrogen-bond acceptors (Lipinski definition) is 2. The third-order valence-electron chi connectivity index (χ3n) is 3.24. The lowest BCUT2D eigenvalue weighted by Gasteiger charge is -2.20. The summed E-state index contributed by atoms with van der Waals surface area (Å²) in [5.41, 5.74) is 1.24. The molecule has 2 nitrogen and oxygen atoms in total. The average Bonchev–Trinajstić information content (AvgIpc) is 2.39. The molecule has 1 aromatic rings. The summed E-state index contributed by atoms with van der Waals surface area (Å²) in [4.78, 5) is 0.765. The van der Waals surface area contributed by atoms with Crippen LogP contribution >= 0.6 is 15.9 Å². The van der Waals surface area contributed by atoms with Crippen LogP contribution in [0.2, 0.25) is 0 Å². The van der Waals surface area contributed by atoms with Crippen molar-refractivity contribution in [3.63, 3.8) is 0 Å². The van der Waals surface area contributed by atoms with Crippen LogP contribution in [0.4, 0.5) is 0 Å². The van der Waals surface area contributed by atoms with Gasteiger partial charge in [-0.25, -0.2) is 8.42 Å². The van der Waals surface area contributed by atoms with Gasteiger partial charge in [0.15, 0.2) is 9.84 Å². The fourth-order valence-electron chi connectivity index (χ4n) is 2.17. The highest BCUT2D eigenvalue weighted by Gasteiger charge is 2.18. The van der Waals surface area contributed by atoms with Crippen molar-refractivity contribution >= 4 is 25.8 Å². The van der Waals surface area contributed by atoms with Crippen LogP contribution in [0.25, 0.3) is 0 Å². The van der Waals surface area contributed by atoms with E-state index in [-0.39, 0.29) is 5.75 Å². The quantitative estimate of drug-likeness (QED) is 0.626. The van der Waals surface area contributed by atoms with Gasteiger partial charge in [0.25, 0.3) is 0 Å². The van der Waals surface area contributed by atoms with Gasteiger partial charge in [0, 0.05) is 4.83 Å². The summed E-state index contributed by atoms with van der Waals surface area (Å²) >= 11 is 3.62. The fourth-order valence-corrected chi connectivity index (χ4v) is 4.10. The number of sulfone groups is 1. The van der Waals surface area contributed by atoms with E-state index in [0.717, 1.165) is 12.8 Å². The Morgan fingerprint density at radius 2 is 1.94 bits per heavy atom. The number of rotatable bonds is 3. The first-order valence-electron chi connectivity index (χ1n) is 6.20. The second-order valence-electron chi connectivity index (χ2n) is 4.59. The molecule has 0 saturated heterocycles. The molecule has 1 aliphatic carbocycles. The molecule has 1 fully saturated rings. The van der Waals surface area contributed by atoms with Crippen LogP contribution in [0.1, 0.15) is 25.7 Å². The highest BCUT2D eigenvalue weighted by Crippen LogP contribution is 2.29. The summed E-state index contributed by atoms with van der Waals surface area (Å²) in [5.74, 6) is 0.106. The predicted octanol–water partition coefficient (Wildman–Crippen LogP) is 3.72. The molecule has 1 saturated carbocycles. The Morgan fingerprint density at radius 1 is 1.22 bits per heavy atom. The highest BCUT2D eigenvalue weighted by molar-refractivity contribution is 9.09. The monoisotopic (exact) mass is 328 g/mol. The molecule has 0 amide bonds. The number of allylic oxidation sites excluding steroid dienone is 1. The van der Waals surface area contributed by atoms with Crippen LogP contribution in [-0.4, -0.2) is 19.0 Å². The van der Waals surface area contributed by atoms with Crippen LogP contribution in [0.15, 0.2) is 46.9 Å². The van der Waals surface area contributed by atoms with E-state index >= 15 is 0 Å². The molecule has 98 valence electrons. The Kier molecular flexibility index (Phi) is 4.62. The summed E-state index contributed by atoms with van der Waals surface area (Å²) in [6.07, 6.45) is 6.40. The summed E-state index contributed by atoms with van der Waals surface area (Å²) in [7, 11) is -3.18. The molecule has 0 aromatic heterocycles. The summed E-state index contributed by atoms with van der Waals surface area (Å²) in [5, 5.41) is 0. The number of halogens is 1. The van der Waals surface area contributed by atoms with E-state index in [1.54, 1.807) is 24.3 Å². The molecule has 1 unspecified atom stereocenters. The van der Waals surface area contributed by atoms with Gasteiger partial charge in [0.05, 0.1) is 10.6 Å². The van der Waals surface area contributed by atoms with Crippen molar-refractivity contribution in [1.82, 2.24) is 0 Å². The molecule has 0 spiro atoms. The molecule has 0 heterocycles. The first-order valence-corrected chi connectivity index (χ1v) is 8.77. The van der Waals surface area contributed by atoms with E-state index in [0.29, 0.717) is 9.72 Å². The number of hydrogen-bond donors (Lipinski definition) is 0. The van der Waals surface area contributed by atoms with Crippen LogP contribution < -0.4 is 0 Å². The Labute approximate surface area is 117 Å². The van der Waals surface area contributed by atoms with Crippen molar-refractivity contribution in [1.29, 1.82) is 0 Å². The fraction of sp³-hybridized carbons (Fsp3) is 0.429. The van der Waals surface area contributed by atoms with E-state index in [2.05, 4.69) is 15.9 Å². The van der Waals surface area contributed by atoms with Crippen molar-refractivity contribution in [2.24, 2.45) is 0 Å². The largest absolute Gasteiger partial charge is 0.223 e. The number of benzene rings is 1. The van der Waals surface area contributed by atoms with Crippen molar-refractivity contribution < 1.29 is 8.42 Å². The van der Waals surface area contributed by atoms with Gasteiger partial charge in [0.2, 0.25) is 0 Å². The minimum Gasteiger partial charge on any atom is -0.223 e. The lowest BCUT2D eigenvalue weighted by atomic mass is 9.95. The number of alkyl halides is 1. The molecule has 0 N–H and O–H groups in total. The van der Waals surface area contributed by atoms with E-state index in [1.165, 1.54) is 18.4 Å². The van der Waals surface area contributed by atoms with Crippen LogP contribution in [0.5, 0.6) is 0 Å². The maximum Gasteiger partial charge on any atom is 0.181 e. The Balaban J connectivity index is 2.12. The van der Waals surface area contributed by atoms with Gasteiger partial charge in [0.1, 0.15) is 0 Å². The topological polar surface area (TPSA) is 34.1 Å². The Morgan fingerprint density at radius 3 is 2.61 bits per heavy atom. The summed E-state index contributed by atoms with van der Waals surface area (Å²) in [6.45, 7) is 0. The lowest BCUT2D eigenvalue weighted by molar-refractivity contribution is 0.596. The zero-order valence-corrected chi connectivity index (χ0v) is 12.6. The van der Waals surface area contributed by atoms with Crippen molar-refractivity contribution in [3.05, 3.63) is 42.0 Å². The SMILES string of the molecule is O=S(=O)(C/C=C1\CCCCC1Br)c1ccccc1. The zero-order chi connectivity index (χ0) is 13.0. The first kappa shape index (κ1) is 13.8. The minimum absolute atomic E-state index is 0.106. The second kappa shape index (κ2) is 6.02. The highest BCUT2D eigenvalue weighted by atomic mass is 79.9. The second-order valence-corrected chi connectivity index (χ2v) is 7.73. The van der Waals surface area contributed by atoms with Gasteiger partial charge < -0.3 is 0 Å². The first-order chi connectivity index (χ1) is 8.59. The van der Waals surface area contributed by atoms with E-state index in [1.807, 2.05) is 12.1 Å². The Bertz CT molecular complexity index is 520. The van der Waals surface area contributed by atoms with Crippen LogP contribution in [0, 0.1) is 0 Å². The zero-order valence-electron chi connectivity index (χ0n) is 10.2. The minimum atomic E-state index is -3.18. The smallest absolute Gasteiger partial charge is 0.181 e. The molecule has 1 atom stereocenters. The van der Waals surface area contributed by atoms with E-state index in [4.69, 9.17) is 0 Å². The third-order valence-corrected chi connectivity index (χ3v) is 5.88. The van der Waals surface area contributed by atoms with Crippen LogP contribution in [-0.2, 0) is 9.84 Å². The maximum atomic E-state index is 12.1. The molecule has 1 aliphatic rings. The maximum absolute atomic E-state index is 12.1. The molecule has 0 radical (unpaired) electrons. The van der Waals surface area contributed by atoms with Gasteiger partial charge in [-0.05, 0) is 31.4 Å². The van der Waals surface area contributed by atoms with Gasteiger partial charge in [-0.1, -0.05) is 52.2 Å². The molecule has 4 heteroatoms. The lowest BCUT2D eigenvalue weighted by Crippen LogP contribution is -2.11.